The van der Waals surface area contributed by atoms with E-state index >= 15 is 0 Å². The van der Waals surface area contributed by atoms with Gasteiger partial charge in [0.15, 0.2) is 0 Å². The fourth-order valence-electron chi connectivity index (χ4n) is 2.07. The molecule has 0 aromatic rings. The van der Waals surface area contributed by atoms with Crippen molar-refractivity contribution >= 4 is 17.7 Å². The summed E-state index contributed by atoms with van der Waals surface area (Å²) in [6, 6.07) is 0.570. The zero-order chi connectivity index (χ0) is 12.0. The van der Waals surface area contributed by atoms with E-state index in [4.69, 9.17) is 5.11 Å². The van der Waals surface area contributed by atoms with E-state index < -0.39 is 5.97 Å². The monoisotopic (exact) mass is 243 g/mol. The van der Waals surface area contributed by atoms with Crippen molar-refractivity contribution in [2.75, 3.05) is 12.8 Å². The third-order valence-electron chi connectivity index (χ3n) is 3.05. The first-order valence-electron chi connectivity index (χ1n) is 5.78. The molecule has 0 bridgehead atoms. The van der Waals surface area contributed by atoms with Crippen molar-refractivity contribution < 1.29 is 9.90 Å². The molecule has 0 unspecified atom stereocenters. The van der Waals surface area contributed by atoms with E-state index in [1.54, 1.807) is 0 Å². The maximum atomic E-state index is 10.4. The second-order valence-corrected chi connectivity index (χ2v) is 5.56. The van der Waals surface area contributed by atoms with E-state index in [1.807, 2.05) is 18.7 Å². The molecule has 0 radical (unpaired) electrons. The SMILES string of the molecule is CSC1CCC(NCC(C)=CC(=O)O)CC1. The molecule has 0 heterocycles. The molecule has 3 nitrogen and oxygen atoms in total. The number of carboxylic acids is 1. The minimum Gasteiger partial charge on any atom is -0.478 e. The Morgan fingerprint density at radius 3 is 2.56 bits per heavy atom. The van der Waals surface area contributed by atoms with Gasteiger partial charge in [-0.25, -0.2) is 4.79 Å². The maximum absolute atomic E-state index is 10.4. The highest BCUT2D eigenvalue weighted by molar-refractivity contribution is 7.99. The Labute approximate surface area is 102 Å². The quantitative estimate of drug-likeness (QED) is 0.727. The summed E-state index contributed by atoms with van der Waals surface area (Å²) in [5.41, 5.74) is 0.888. The predicted octanol–water partition coefficient (Wildman–Crippen LogP) is 2.28. The summed E-state index contributed by atoms with van der Waals surface area (Å²) >= 11 is 1.96. The molecule has 0 aromatic carbocycles. The van der Waals surface area contributed by atoms with Crippen molar-refractivity contribution in [2.24, 2.45) is 0 Å². The van der Waals surface area contributed by atoms with E-state index in [9.17, 15) is 4.79 Å². The molecule has 2 N–H and O–H groups in total. The topological polar surface area (TPSA) is 49.3 Å². The smallest absolute Gasteiger partial charge is 0.328 e. The Morgan fingerprint density at radius 1 is 1.44 bits per heavy atom. The molecule has 0 amide bonds. The molecule has 1 saturated carbocycles. The van der Waals surface area contributed by atoms with Crippen LogP contribution in [0.2, 0.25) is 0 Å². The molecule has 1 rings (SSSR count). The predicted molar refractivity (Wildman–Crippen MR) is 69.0 cm³/mol. The van der Waals surface area contributed by atoms with Crippen LogP contribution in [0.5, 0.6) is 0 Å². The molecular weight excluding hydrogens is 222 g/mol. The highest BCUT2D eigenvalue weighted by Crippen LogP contribution is 2.26. The van der Waals surface area contributed by atoms with E-state index in [0.29, 0.717) is 12.6 Å². The lowest BCUT2D eigenvalue weighted by Crippen LogP contribution is -2.34. The van der Waals surface area contributed by atoms with Gasteiger partial charge in [0.25, 0.3) is 0 Å². The average Bonchev–Trinajstić information content (AvgIpc) is 2.26. The Kier molecular flexibility index (Phi) is 5.91. The van der Waals surface area contributed by atoms with Crippen LogP contribution in [-0.2, 0) is 4.79 Å². The molecule has 0 aromatic heterocycles. The van der Waals surface area contributed by atoms with Gasteiger partial charge in [0, 0.05) is 23.9 Å². The van der Waals surface area contributed by atoms with Gasteiger partial charge in [0.05, 0.1) is 0 Å². The summed E-state index contributed by atoms with van der Waals surface area (Å²) < 4.78 is 0. The van der Waals surface area contributed by atoms with E-state index in [-0.39, 0.29) is 0 Å². The minimum atomic E-state index is -0.856. The third-order valence-corrected chi connectivity index (χ3v) is 4.19. The lowest BCUT2D eigenvalue weighted by Gasteiger charge is -2.28. The van der Waals surface area contributed by atoms with Crippen LogP contribution in [0.3, 0.4) is 0 Å². The number of hydrogen-bond donors (Lipinski definition) is 2. The Morgan fingerprint density at radius 2 is 2.06 bits per heavy atom. The van der Waals surface area contributed by atoms with Crippen LogP contribution >= 0.6 is 11.8 Å². The highest BCUT2D eigenvalue weighted by Gasteiger charge is 2.19. The van der Waals surface area contributed by atoms with Gasteiger partial charge in [-0.2, -0.15) is 11.8 Å². The van der Waals surface area contributed by atoms with Gasteiger partial charge in [-0.3, -0.25) is 0 Å². The molecule has 0 atom stereocenters. The van der Waals surface area contributed by atoms with Gasteiger partial charge >= 0.3 is 5.97 Å². The van der Waals surface area contributed by atoms with E-state index in [2.05, 4.69) is 11.6 Å². The van der Waals surface area contributed by atoms with Crippen LogP contribution in [0.4, 0.5) is 0 Å². The van der Waals surface area contributed by atoms with Gasteiger partial charge in [-0.1, -0.05) is 5.57 Å². The zero-order valence-electron chi connectivity index (χ0n) is 10.0. The van der Waals surface area contributed by atoms with Crippen LogP contribution in [0, 0.1) is 0 Å². The summed E-state index contributed by atoms with van der Waals surface area (Å²) in [7, 11) is 0. The minimum absolute atomic E-state index is 0.570. The van der Waals surface area contributed by atoms with Gasteiger partial charge in [0.2, 0.25) is 0 Å². The summed E-state index contributed by atoms with van der Waals surface area (Å²) in [6.45, 7) is 2.55. The summed E-state index contributed by atoms with van der Waals surface area (Å²) in [6.07, 6.45) is 8.44. The molecule has 0 aliphatic heterocycles. The molecule has 1 fully saturated rings. The van der Waals surface area contributed by atoms with Crippen molar-refractivity contribution in [1.29, 1.82) is 0 Å². The summed E-state index contributed by atoms with van der Waals surface area (Å²) in [5, 5.41) is 12.8. The van der Waals surface area contributed by atoms with Crippen LogP contribution < -0.4 is 5.32 Å². The first kappa shape index (κ1) is 13.6. The molecular formula is C12H21NO2S. The summed E-state index contributed by atoms with van der Waals surface area (Å²) in [4.78, 5) is 10.4. The number of hydrogen-bond acceptors (Lipinski definition) is 3. The molecule has 1 aliphatic carbocycles. The Bertz CT molecular complexity index is 258. The van der Waals surface area contributed by atoms with E-state index in [1.165, 1.54) is 31.8 Å². The van der Waals surface area contributed by atoms with Crippen molar-refractivity contribution in [3.05, 3.63) is 11.6 Å². The number of carbonyl (C=O) groups is 1. The Hall–Kier alpha value is -0.480. The van der Waals surface area contributed by atoms with Gasteiger partial charge in [-0.15, -0.1) is 0 Å². The largest absolute Gasteiger partial charge is 0.478 e. The van der Waals surface area contributed by atoms with Crippen molar-refractivity contribution in [2.45, 2.75) is 43.9 Å². The second-order valence-electron chi connectivity index (χ2n) is 4.42. The maximum Gasteiger partial charge on any atom is 0.328 e. The number of aliphatic carboxylic acids is 1. The van der Waals surface area contributed by atoms with Crippen molar-refractivity contribution in [1.82, 2.24) is 5.32 Å². The first-order valence-corrected chi connectivity index (χ1v) is 7.07. The molecule has 0 spiro atoms. The lowest BCUT2D eigenvalue weighted by molar-refractivity contribution is -0.131. The molecule has 1 aliphatic rings. The Balaban J connectivity index is 2.22. The molecule has 0 saturated heterocycles. The van der Waals surface area contributed by atoms with Crippen molar-refractivity contribution in [3.8, 4) is 0 Å². The molecule has 92 valence electrons. The van der Waals surface area contributed by atoms with Crippen LogP contribution in [0.25, 0.3) is 0 Å². The number of thioether (sulfide) groups is 1. The molecule has 4 heteroatoms. The summed E-state index contributed by atoms with van der Waals surface area (Å²) in [5.74, 6) is -0.856. The highest BCUT2D eigenvalue weighted by atomic mass is 32.2. The zero-order valence-corrected chi connectivity index (χ0v) is 10.8. The second kappa shape index (κ2) is 6.97. The van der Waals surface area contributed by atoms with Gasteiger partial charge in [0.1, 0.15) is 0 Å². The molecule has 16 heavy (non-hydrogen) atoms. The number of nitrogens with one attached hydrogen (secondary N) is 1. The first-order chi connectivity index (χ1) is 7.61. The van der Waals surface area contributed by atoms with Gasteiger partial charge < -0.3 is 10.4 Å². The third kappa shape index (κ3) is 5.03. The van der Waals surface area contributed by atoms with Crippen molar-refractivity contribution in [3.63, 3.8) is 0 Å². The van der Waals surface area contributed by atoms with E-state index in [0.717, 1.165) is 10.8 Å². The average molecular weight is 243 g/mol. The van der Waals surface area contributed by atoms with Gasteiger partial charge in [-0.05, 0) is 38.9 Å². The van der Waals surface area contributed by atoms with Crippen LogP contribution in [-0.4, -0.2) is 35.2 Å². The fraction of sp³-hybridized carbons (Fsp3) is 0.750. The number of rotatable bonds is 5. The van der Waals surface area contributed by atoms with Crippen LogP contribution in [0.1, 0.15) is 32.6 Å². The lowest BCUT2D eigenvalue weighted by atomic mass is 9.95. The normalized spacial score (nSPS) is 26.8. The van der Waals surface area contributed by atoms with Crippen LogP contribution in [0.15, 0.2) is 11.6 Å². The fourth-order valence-corrected chi connectivity index (χ4v) is 2.81. The number of carboxylic acid groups (broad SMARTS) is 1. The standard InChI is InChI=1S/C12H21NO2S/c1-9(7-12(14)15)8-13-10-3-5-11(16-2)6-4-10/h7,10-11,13H,3-6,8H2,1-2H3,(H,14,15).